The molecule has 0 saturated carbocycles. The first-order valence-corrected chi connectivity index (χ1v) is 14.0. The van der Waals surface area contributed by atoms with E-state index in [0.717, 1.165) is 48.3 Å². The van der Waals surface area contributed by atoms with Crippen LogP contribution in [0.15, 0.2) is 65.8 Å². The summed E-state index contributed by atoms with van der Waals surface area (Å²) in [7, 11) is 0. The number of nitrogens with zero attached hydrogens (tertiary/aromatic N) is 5. The summed E-state index contributed by atoms with van der Waals surface area (Å²) in [5.74, 6) is 1.19. The largest absolute Gasteiger partial charge is 0.339 e. The van der Waals surface area contributed by atoms with E-state index < -0.39 is 0 Å². The number of aliphatic imine (C=N–C) groups is 1. The summed E-state index contributed by atoms with van der Waals surface area (Å²) in [6, 6.07) is 9.22. The maximum Gasteiger partial charge on any atom is 0.321 e. The molecule has 3 aromatic rings. The minimum atomic E-state index is -0.175. The summed E-state index contributed by atoms with van der Waals surface area (Å²) in [5.41, 5.74) is 4.18. The van der Waals surface area contributed by atoms with Crippen LogP contribution in [0, 0.1) is 11.8 Å². The number of urea groups is 1. The van der Waals surface area contributed by atoms with Crippen LogP contribution in [-0.4, -0.2) is 51.1 Å². The lowest BCUT2D eigenvalue weighted by Gasteiger charge is -2.19. The van der Waals surface area contributed by atoms with E-state index in [-0.39, 0.29) is 23.8 Å². The number of nitrogens with one attached hydrogen (secondary N) is 4. The summed E-state index contributed by atoms with van der Waals surface area (Å²) in [6.45, 7) is 1.14. The Hall–Kier alpha value is -4.51. The van der Waals surface area contributed by atoms with Crippen LogP contribution in [0.5, 0.6) is 0 Å². The molecular weight excluding hydrogens is 542 g/mol. The molecule has 4 N–H and O–H groups in total. The number of likely N-dealkylation sites (tertiary alicyclic amines) is 1. The maximum atomic E-state index is 13.1. The van der Waals surface area contributed by atoms with E-state index in [1.807, 2.05) is 24.4 Å². The number of amides is 3. The molecule has 3 aliphatic rings. The molecule has 1 saturated heterocycles. The number of hydrogen-bond acceptors (Lipinski definition) is 8. The van der Waals surface area contributed by atoms with E-state index in [1.54, 1.807) is 41.8 Å². The maximum absolute atomic E-state index is 13.1. The predicted molar refractivity (Wildman–Crippen MR) is 160 cm³/mol. The van der Waals surface area contributed by atoms with Crippen molar-refractivity contribution < 1.29 is 9.59 Å². The highest BCUT2D eigenvalue weighted by atomic mass is 35.5. The highest BCUT2D eigenvalue weighted by Gasteiger charge is 2.28. The molecule has 0 spiro atoms. The number of pyridine rings is 1. The third-order valence-corrected chi connectivity index (χ3v) is 7.69. The molecule has 210 valence electrons. The molecule has 0 radical (unpaired) electrons. The zero-order valence-electron chi connectivity index (χ0n) is 22.3. The Balaban J connectivity index is 1.13. The molecule has 6 bridgehead atoms. The van der Waals surface area contributed by atoms with E-state index in [2.05, 4.69) is 41.2 Å². The number of hydrogen-bond donors (Lipinski definition) is 4. The number of aryl methyl sites for hydroxylation is 1. The van der Waals surface area contributed by atoms with E-state index in [1.165, 1.54) is 0 Å². The van der Waals surface area contributed by atoms with Gasteiger partial charge in [-0.05, 0) is 67.5 Å². The van der Waals surface area contributed by atoms with Gasteiger partial charge in [0.1, 0.15) is 5.02 Å². The first-order valence-electron chi connectivity index (χ1n) is 13.7. The van der Waals surface area contributed by atoms with Crippen LogP contribution in [0.25, 0.3) is 0 Å². The highest BCUT2D eigenvalue weighted by Crippen LogP contribution is 2.31. The summed E-state index contributed by atoms with van der Waals surface area (Å²) >= 11 is 6.38. The highest BCUT2D eigenvalue weighted by molar-refractivity contribution is 6.32. The molecule has 2 aromatic heterocycles. The van der Waals surface area contributed by atoms with Crippen LogP contribution in [0.1, 0.15) is 31.2 Å². The van der Waals surface area contributed by atoms with Gasteiger partial charge in [-0.3, -0.25) is 14.8 Å². The first-order chi connectivity index (χ1) is 20.0. The molecule has 41 heavy (non-hydrogen) atoms. The lowest BCUT2D eigenvalue weighted by molar-refractivity contribution is -0.117. The van der Waals surface area contributed by atoms with Crippen LogP contribution in [0.3, 0.4) is 0 Å². The Bertz CT molecular complexity index is 1510. The van der Waals surface area contributed by atoms with E-state index in [4.69, 9.17) is 11.6 Å². The fraction of sp³-hybridized carbons (Fsp3) is 0.310. The lowest BCUT2D eigenvalue weighted by atomic mass is 9.94. The Kier molecular flexibility index (Phi) is 7.77. The van der Waals surface area contributed by atoms with Gasteiger partial charge in [0.2, 0.25) is 11.9 Å². The zero-order valence-corrected chi connectivity index (χ0v) is 23.1. The van der Waals surface area contributed by atoms with Gasteiger partial charge < -0.3 is 26.2 Å². The number of fused-ring (bicyclic) bond motifs is 6. The number of anilines is 5. The van der Waals surface area contributed by atoms with Crippen LogP contribution >= 0.6 is 11.6 Å². The molecule has 12 heteroatoms. The van der Waals surface area contributed by atoms with Crippen molar-refractivity contribution in [3.05, 3.63) is 71.4 Å². The van der Waals surface area contributed by atoms with Crippen molar-refractivity contribution in [2.24, 2.45) is 16.8 Å². The second kappa shape index (κ2) is 11.9. The summed E-state index contributed by atoms with van der Waals surface area (Å²) in [6.07, 6.45) is 12.1. The fourth-order valence-electron chi connectivity index (χ4n) is 5.33. The minimum absolute atomic E-state index is 0.0680. The van der Waals surface area contributed by atoms with Crippen molar-refractivity contribution in [3.63, 3.8) is 0 Å². The van der Waals surface area contributed by atoms with E-state index in [0.29, 0.717) is 42.0 Å². The molecule has 3 aliphatic heterocycles. The molecule has 6 rings (SSSR count). The van der Waals surface area contributed by atoms with Crippen LogP contribution in [0.2, 0.25) is 5.02 Å². The van der Waals surface area contributed by atoms with Gasteiger partial charge in [-0.1, -0.05) is 11.6 Å². The molecule has 2 atom stereocenters. The van der Waals surface area contributed by atoms with Crippen molar-refractivity contribution in [3.8, 4) is 0 Å². The Morgan fingerprint density at radius 2 is 2.05 bits per heavy atom. The molecule has 3 amide bonds. The minimum Gasteiger partial charge on any atom is -0.339 e. The fourth-order valence-corrected chi connectivity index (χ4v) is 5.46. The quantitative estimate of drug-likeness (QED) is 0.327. The average Bonchev–Trinajstić information content (AvgIpc) is 3.44. The molecule has 11 nitrogen and oxygen atoms in total. The second-order valence-electron chi connectivity index (χ2n) is 10.5. The molecule has 1 fully saturated rings. The number of carbonyl (C=O) groups is 2. The predicted octanol–water partition coefficient (Wildman–Crippen LogP) is 5.44. The number of allylic oxidation sites excluding steroid dienone is 1. The van der Waals surface area contributed by atoms with Crippen molar-refractivity contribution in [1.82, 2.24) is 19.9 Å². The van der Waals surface area contributed by atoms with Gasteiger partial charge in [-0.25, -0.2) is 9.78 Å². The number of rotatable bonds is 4. The van der Waals surface area contributed by atoms with E-state index >= 15 is 0 Å². The first kappa shape index (κ1) is 26.7. The van der Waals surface area contributed by atoms with Gasteiger partial charge in [0.25, 0.3) is 0 Å². The summed E-state index contributed by atoms with van der Waals surface area (Å²) in [5, 5.41) is 12.9. The topological polar surface area (TPSA) is 137 Å². The van der Waals surface area contributed by atoms with Gasteiger partial charge in [-0.15, -0.1) is 0 Å². The van der Waals surface area contributed by atoms with Gasteiger partial charge in [0.15, 0.2) is 5.82 Å². The molecule has 1 aromatic carbocycles. The Morgan fingerprint density at radius 1 is 1.12 bits per heavy atom. The smallest absolute Gasteiger partial charge is 0.321 e. The monoisotopic (exact) mass is 571 g/mol. The van der Waals surface area contributed by atoms with Gasteiger partial charge in [0, 0.05) is 61.1 Å². The van der Waals surface area contributed by atoms with Gasteiger partial charge in [0.05, 0.1) is 18.1 Å². The van der Waals surface area contributed by atoms with Crippen molar-refractivity contribution in [1.29, 1.82) is 0 Å². The Labute approximate surface area is 242 Å². The molecule has 1 unspecified atom stereocenters. The molecule has 5 heterocycles. The van der Waals surface area contributed by atoms with Crippen molar-refractivity contribution in [2.75, 3.05) is 34.4 Å². The van der Waals surface area contributed by atoms with E-state index in [9.17, 15) is 9.59 Å². The normalized spacial score (nSPS) is 19.4. The van der Waals surface area contributed by atoms with Crippen LogP contribution in [0.4, 0.5) is 33.6 Å². The average molecular weight is 572 g/mol. The number of benzene rings is 1. The molecular formula is C29H30ClN9O2. The van der Waals surface area contributed by atoms with Gasteiger partial charge in [-0.2, -0.15) is 4.98 Å². The SMILES string of the molecule is O=C(C[C@@H]1CCN(C(=O)Nc2cccnc2)C1)Nc1ccc2cc1CCC1C=NC=C(C1)Nc1ncc(Cl)c(n1)N2. The van der Waals surface area contributed by atoms with Crippen LogP contribution < -0.4 is 21.3 Å². The number of aromatic nitrogens is 3. The standard InChI is InChI=1S/C29H30ClN9O2/c30-24-16-33-28-35-23-10-18(13-32-15-23)3-4-20-12-21(34-27(24)38-28)5-6-25(20)37-26(40)11-19-7-9-39(17-19)29(41)36-22-2-1-8-31-14-22/h1-2,5-6,8,12-16,18-19H,3-4,7,9-11,17H2,(H,36,41)(H,37,40)(H2,33,34,35,38)/t18?,19-/m0/s1. The van der Waals surface area contributed by atoms with Crippen molar-refractivity contribution >= 4 is 58.6 Å². The zero-order chi connectivity index (χ0) is 28.2. The van der Waals surface area contributed by atoms with Crippen LogP contribution in [-0.2, 0) is 11.2 Å². The third-order valence-electron chi connectivity index (χ3n) is 7.41. The number of carbonyl (C=O) groups excluding carboxylic acids is 2. The second-order valence-corrected chi connectivity index (χ2v) is 10.9. The summed E-state index contributed by atoms with van der Waals surface area (Å²) in [4.78, 5) is 44.8. The third kappa shape index (κ3) is 6.63. The Morgan fingerprint density at radius 3 is 2.93 bits per heavy atom. The van der Waals surface area contributed by atoms with Crippen molar-refractivity contribution in [2.45, 2.75) is 32.1 Å². The molecule has 0 aliphatic carbocycles. The lowest BCUT2D eigenvalue weighted by Crippen LogP contribution is -2.33. The summed E-state index contributed by atoms with van der Waals surface area (Å²) < 4.78 is 0. The van der Waals surface area contributed by atoms with Gasteiger partial charge >= 0.3 is 6.03 Å². The number of halogens is 1.